The number of nitrogens with zero attached hydrogens (tertiary/aromatic N) is 3. The van der Waals surface area contributed by atoms with Crippen molar-refractivity contribution < 1.29 is 95.7 Å². The van der Waals surface area contributed by atoms with Crippen molar-refractivity contribution in [2.45, 2.75) is 213 Å². The smallest absolute Gasteiger partial charge is 0.410 e. The first-order valence-corrected chi connectivity index (χ1v) is 39.5. The maximum absolute atomic E-state index is 14.8. The Morgan fingerprint density at radius 1 is 0.606 bits per heavy atom. The molecule has 1 saturated heterocycles. The summed E-state index contributed by atoms with van der Waals surface area (Å²) < 4.78 is 44.5. The minimum Gasteiger partial charge on any atom is -0.469 e. The summed E-state index contributed by atoms with van der Waals surface area (Å²) >= 11 is 1.29. The Hall–Kier alpha value is -7.52. The molecular weight excluding hydrogens is 1430 g/mol. The standard InChI is InChI=1S/C78H128N10O20S/c1-18-52(8)69(60(101-14)46-64(91)88-37-25-28-59(88)71(103-16)53(9)72(94)81-54(10)70(93)57-26-21-19-22-27-57)86(12)77(99)67(50(4)5)85-76(98)68(51(6)7)87(13)78(100)108-48-56-30-32-58(33-31-56)83-73(95)55(11)82-75(97)66(49(2)3)84-63(90)34-38-104-40-42-106-44-45-107-43-41-105-39-36-79-62(89)29-23-20-24-35-80-74(96)61(109-17)47-65(92)102-15/h19,21-22,26-27,30-33,49-55,59-61,66-71,93H,18,20,23-25,28-29,34-48H2,1-17H3,(H,79,89)(H,80,96)(H,81,94)(H,82,97)(H,83,95)(H,84,90)(H,85,98)/t52-,53+,54+,55-,59-,60+,61?,66-,67-,68-,69-,70+,71+/m0/s1. The molecule has 109 heavy (non-hydrogen) atoms. The molecule has 1 fully saturated rings. The number of anilines is 1. The normalized spacial score (nSPS) is 16.2. The number of likely N-dealkylation sites (tertiary alicyclic amines) is 1. The van der Waals surface area contributed by atoms with Crippen LogP contribution in [0.2, 0.25) is 0 Å². The average molecular weight is 1560 g/mol. The average Bonchev–Trinajstić information content (AvgIpc) is 1.56. The van der Waals surface area contributed by atoms with Gasteiger partial charge in [0.25, 0.3) is 0 Å². The Bertz CT molecular complexity index is 3100. The fourth-order valence-corrected chi connectivity index (χ4v) is 13.3. The summed E-state index contributed by atoms with van der Waals surface area (Å²) in [6.45, 7) is 22.9. The van der Waals surface area contributed by atoms with E-state index < -0.39 is 125 Å². The van der Waals surface area contributed by atoms with Crippen LogP contribution in [0, 0.1) is 29.6 Å². The number of hydrogen-bond donors (Lipinski definition) is 8. The molecule has 0 aliphatic carbocycles. The number of unbranched alkanes of at least 4 members (excludes halogenated alkanes) is 2. The van der Waals surface area contributed by atoms with Crippen LogP contribution >= 0.6 is 11.8 Å². The third-order valence-electron chi connectivity index (χ3n) is 19.4. The number of esters is 1. The first-order chi connectivity index (χ1) is 51.9. The molecule has 1 unspecified atom stereocenters. The lowest BCUT2D eigenvalue weighted by Crippen LogP contribution is -2.60. The molecule has 0 radical (unpaired) electrons. The van der Waals surface area contributed by atoms with Crippen LogP contribution < -0.4 is 37.2 Å². The summed E-state index contributed by atoms with van der Waals surface area (Å²) in [5, 5.41) is 30.2. The number of hydrogen-bond acceptors (Lipinski definition) is 21. The van der Waals surface area contributed by atoms with Crippen molar-refractivity contribution in [1.82, 2.24) is 46.6 Å². The van der Waals surface area contributed by atoms with Gasteiger partial charge < -0.3 is 90.0 Å². The third-order valence-corrected chi connectivity index (χ3v) is 20.3. The summed E-state index contributed by atoms with van der Waals surface area (Å²) in [4.78, 5) is 151. The van der Waals surface area contributed by atoms with Crippen molar-refractivity contribution >= 4 is 82.7 Å². The van der Waals surface area contributed by atoms with Gasteiger partial charge in [0, 0.05) is 66.5 Å². The number of amides is 10. The first kappa shape index (κ1) is 95.7. The second kappa shape index (κ2) is 51.9. The monoisotopic (exact) mass is 1560 g/mol. The van der Waals surface area contributed by atoms with Crippen molar-refractivity contribution in [3.8, 4) is 0 Å². The predicted molar refractivity (Wildman–Crippen MR) is 414 cm³/mol. The molecule has 30 nitrogen and oxygen atoms in total. The highest BCUT2D eigenvalue weighted by atomic mass is 32.2. The molecule has 13 atom stereocenters. The highest BCUT2D eigenvalue weighted by Gasteiger charge is 2.44. The van der Waals surface area contributed by atoms with Gasteiger partial charge in [0.15, 0.2) is 0 Å². The number of thioether (sulfide) groups is 1. The molecule has 0 spiro atoms. The van der Waals surface area contributed by atoms with Gasteiger partial charge in [-0.3, -0.25) is 52.8 Å². The van der Waals surface area contributed by atoms with Crippen LogP contribution in [-0.4, -0.2) is 259 Å². The lowest BCUT2D eigenvalue weighted by atomic mass is 9.89. The van der Waals surface area contributed by atoms with Crippen LogP contribution in [0.3, 0.4) is 0 Å². The van der Waals surface area contributed by atoms with E-state index in [9.17, 15) is 57.8 Å². The molecule has 1 aliphatic rings. The Morgan fingerprint density at radius 3 is 1.79 bits per heavy atom. The van der Waals surface area contributed by atoms with Crippen molar-refractivity contribution in [3.63, 3.8) is 0 Å². The predicted octanol–water partition coefficient (Wildman–Crippen LogP) is 5.71. The van der Waals surface area contributed by atoms with Gasteiger partial charge in [-0.05, 0) is 92.7 Å². The maximum atomic E-state index is 14.8. The number of likely N-dealkylation sites (N-methyl/N-ethyl adjacent to an activating group) is 2. The quantitative estimate of drug-likeness (QED) is 0.0290. The minimum atomic E-state index is -1.07. The van der Waals surface area contributed by atoms with Crippen molar-refractivity contribution in [2.24, 2.45) is 29.6 Å². The van der Waals surface area contributed by atoms with E-state index in [4.69, 9.17) is 33.2 Å². The zero-order valence-corrected chi connectivity index (χ0v) is 68.3. The first-order valence-electron chi connectivity index (χ1n) is 38.2. The molecule has 0 aromatic heterocycles. The van der Waals surface area contributed by atoms with E-state index in [2.05, 4.69) is 42.0 Å². The fraction of sp³-hybridized carbons (Fsp3) is 0.705. The van der Waals surface area contributed by atoms with E-state index in [-0.39, 0.29) is 81.2 Å². The van der Waals surface area contributed by atoms with Crippen LogP contribution in [0.25, 0.3) is 0 Å². The van der Waals surface area contributed by atoms with E-state index in [0.717, 1.165) is 6.42 Å². The lowest BCUT2D eigenvalue weighted by Gasteiger charge is -2.41. The molecular formula is C78H128N10O20S. The number of ether oxygens (including phenoxy) is 8. The summed E-state index contributed by atoms with van der Waals surface area (Å²) in [7, 11) is 7.40. The second-order valence-corrected chi connectivity index (χ2v) is 29.7. The number of nitrogens with one attached hydrogen (secondary N) is 7. The third kappa shape index (κ3) is 33.5. The number of methoxy groups -OCH3 is 3. The molecule has 31 heteroatoms. The van der Waals surface area contributed by atoms with E-state index in [1.165, 1.54) is 52.0 Å². The van der Waals surface area contributed by atoms with Gasteiger partial charge in [-0.1, -0.05) is 118 Å². The number of aliphatic hydroxyl groups excluding tert-OH is 1. The summed E-state index contributed by atoms with van der Waals surface area (Å²) in [5.74, 6) is -5.78. The molecule has 8 N–H and O–H groups in total. The van der Waals surface area contributed by atoms with Crippen molar-refractivity contribution in [2.75, 3.05) is 119 Å². The maximum Gasteiger partial charge on any atom is 0.410 e. The molecule has 2 aromatic rings. The van der Waals surface area contributed by atoms with Gasteiger partial charge >= 0.3 is 12.1 Å². The second-order valence-electron chi connectivity index (χ2n) is 28.7. The number of carbonyl (C=O) groups excluding carboxylic acids is 11. The van der Waals surface area contributed by atoms with E-state index >= 15 is 0 Å². The molecule has 3 rings (SSSR count). The number of benzene rings is 2. The highest BCUT2D eigenvalue weighted by Crippen LogP contribution is 2.31. The highest BCUT2D eigenvalue weighted by molar-refractivity contribution is 7.99. The van der Waals surface area contributed by atoms with Gasteiger partial charge in [-0.15, -0.1) is 0 Å². The summed E-state index contributed by atoms with van der Waals surface area (Å²) in [6, 6.07) is 9.84. The fourth-order valence-electron chi connectivity index (χ4n) is 12.7. The van der Waals surface area contributed by atoms with Crippen LogP contribution in [0.15, 0.2) is 54.6 Å². The minimum absolute atomic E-state index is 0.0148. The molecule has 0 saturated carbocycles. The zero-order valence-electron chi connectivity index (χ0n) is 67.4. The molecule has 2 aromatic carbocycles. The zero-order chi connectivity index (χ0) is 81.3. The van der Waals surface area contributed by atoms with E-state index in [1.54, 1.807) is 101 Å². The van der Waals surface area contributed by atoms with Crippen LogP contribution in [-0.2, 0) is 92.4 Å². The number of aliphatic hydroxyl groups is 1. The Balaban J connectivity index is 1.40. The van der Waals surface area contributed by atoms with Crippen LogP contribution in [0.1, 0.15) is 158 Å². The Kier molecular flexibility index (Phi) is 45.5. The topological polar surface area (TPSA) is 376 Å². The summed E-state index contributed by atoms with van der Waals surface area (Å²) in [6.07, 6.45) is 2.92. The largest absolute Gasteiger partial charge is 0.469 e. The molecule has 616 valence electrons. The summed E-state index contributed by atoms with van der Waals surface area (Å²) in [5.41, 5.74) is 1.62. The SMILES string of the molecule is CC[C@H](C)[C@@H]([C@@H](CC(=O)N1CCC[C@H]1[C@H](OC)[C@@H](C)C(=O)N[C@H](C)[C@@H](O)c1ccccc1)OC)N(C)C(=O)[C@@H](NC(=O)[C@H](C(C)C)N(C)C(=O)OCc1ccc(NC(=O)[C@H](C)NC(=O)[C@@H](NC(=O)CCOCCOCCOCCOCCNC(=O)CCCCCNC(=O)C(CC(=O)OC)SC)C(C)C)cc1)C(C)C. The van der Waals surface area contributed by atoms with Gasteiger partial charge in [0.1, 0.15) is 30.8 Å². The Labute approximate surface area is 649 Å². The van der Waals surface area contributed by atoms with E-state index in [0.29, 0.717) is 108 Å². The molecule has 0 bridgehead atoms. The van der Waals surface area contributed by atoms with Gasteiger partial charge in [-0.2, -0.15) is 11.8 Å². The molecule has 1 heterocycles. The van der Waals surface area contributed by atoms with Gasteiger partial charge in [0.2, 0.25) is 53.2 Å². The number of carbonyl (C=O) groups is 11. The number of rotatable bonds is 53. The van der Waals surface area contributed by atoms with Crippen molar-refractivity contribution in [1.29, 1.82) is 0 Å². The van der Waals surface area contributed by atoms with Crippen LogP contribution in [0.5, 0.6) is 0 Å². The van der Waals surface area contributed by atoms with Crippen molar-refractivity contribution in [3.05, 3.63) is 65.7 Å². The molecule has 10 amide bonds. The van der Waals surface area contributed by atoms with Gasteiger partial charge in [-0.25, -0.2) is 4.79 Å². The Morgan fingerprint density at radius 2 is 1.22 bits per heavy atom. The van der Waals surface area contributed by atoms with Gasteiger partial charge in [0.05, 0.1) is 120 Å². The van der Waals surface area contributed by atoms with Crippen LogP contribution in [0.4, 0.5) is 10.5 Å². The van der Waals surface area contributed by atoms with E-state index in [1.807, 2.05) is 45.9 Å². The lowest BCUT2D eigenvalue weighted by molar-refractivity contribution is -0.148. The molecule has 1 aliphatic heterocycles.